The molecule has 0 aromatic heterocycles. The van der Waals surface area contributed by atoms with Gasteiger partial charge < -0.3 is 4.90 Å². The molecule has 1 aromatic rings. The number of aliphatic imine (C=N–C) groups is 1. The van der Waals surface area contributed by atoms with Crippen LogP contribution >= 0.6 is 15.9 Å². The summed E-state index contributed by atoms with van der Waals surface area (Å²) >= 11 is 3.51. The zero-order valence-corrected chi connectivity index (χ0v) is 11.7. The van der Waals surface area contributed by atoms with E-state index in [1.54, 1.807) is 0 Å². The first-order chi connectivity index (χ1) is 8.20. The van der Waals surface area contributed by atoms with Gasteiger partial charge in [-0.1, -0.05) is 22.0 Å². The number of rotatable bonds is 3. The second-order valence-electron chi connectivity index (χ2n) is 4.30. The summed E-state index contributed by atoms with van der Waals surface area (Å²) in [6, 6.07) is 6.22. The van der Waals surface area contributed by atoms with Crippen molar-refractivity contribution in [1.82, 2.24) is 4.90 Å². The molecule has 0 aliphatic carbocycles. The number of amidine groups is 1. The first-order valence-corrected chi connectivity index (χ1v) is 6.69. The van der Waals surface area contributed by atoms with Gasteiger partial charge in [0.1, 0.15) is 5.84 Å². The van der Waals surface area contributed by atoms with Gasteiger partial charge in [-0.3, -0.25) is 0 Å². The SMILES string of the molecule is C=CCN1CCCC1=Nc1ccc(Br)c(C)c1. The normalized spacial score (nSPS) is 17.8. The Morgan fingerprint density at radius 1 is 1.53 bits per heavy atom. The Hall–Kier alpha value is -1.09. The van der Waals surface area contributed by atoms with Crippen LogP contribution in [-0.2, 0) is 0 Å². The summed E-state index contributed by atoms with van der Waals surface area (Å²) in [4.78, 5) is 7.03. The Morgan fingerprint density at radius 2 is 2.35 bits per heavy atom. The molecule has 1 fully saturated rings. The molecule has 17 heavy (non-hydrogen) atoms. The van der Waals surface area contributed by atoms with Crippen molar-refractivity contribution < 1.29 is 0 Å². The number of nitrogens with zero attached hydrogens (tertiary/aromatic N) is 2. The molecule has 0 amide bonds. The van der Waals surface area contributed by atoms with Crippen LogP contribution in [0.25, 0.3) is 0 Å². The highest BCUT2D eigenvalue weighted by Gasteiger charge is 2.16. The second-order valence-corrected chi connectivity index (χ2v) is 5.15. The Kier molecular flexibility index (Phi) is 4.00. The quantitative estimate of drug-likeness (QED) is 0.767. The fourth-order valence-electron chi connectivity index (χ4n) is 2.04. The van der Waals surface area contributed by atoms with Crippen LogP contribution in [0.3, 0.4) is 0 Å². The van der Waals surface area contributed by atoms with E-state index in [1.165, 1.54) is 17.8 Å². The molecule has 1 aliphatic heterocycles. The van der Waals surface area contributed by atoms with E-state index >= 15 is 0 Å². The Morgan fingerprint density at radius 3 is 3.06 bits per heavy atom. The van der Waals surface area contributed by atoms with E-state index in [1.807, 2.05) is 6.08 Å². The predicted octanol–water partition coefficient (Wildman–Crippen LogP) is 4.07. The molecule has 1 aliphatic rings. The maximum Gasteiger partial charge on any atom is 0.105 e. The number of hydrogen-bond acceptors (Lipinski definition) is 1. The molecule has 0 bridgehead atoms. The van der Waals surface area contributed by atoms with Crippen molar-refractivity contribution >= 4 is 27.5 Å². The summed E-state index contributed by atoms with van der Waals surface area (Å²) in [5.41, 5.74) is 2.26. The fourth-order valence-corrected chi connectivity index (χ4v) is 2.29. The zero-order valence-electron chi connectivity index (χ0n) is 10.1. The number of halogens is 1. The summed E-state index contributed by atoms with van der Waals surface area (Å²) in [6.07, 6.45) is 4.21. The molecule has 2 rings (SSSR count). The first-order valence-electron chi connectivity index (χ1n) is 5.90. The van der Waals surface area contributed by atoms with E-state index in [9.17, 15) is 0 Å². The average molecular weight is 293 g/mol. The zero-order chi connectivity index (χ0) is 12.3. The predicted molar refractivity (Wildman–Crippen MR) is 77.0 cm³/mol. The summed E-state index contributed by atoms with van der Waals surface area (Å²) in [5.74, 6) is 1.19. The molecule has 90 valence electrons. The van der Waals surface area contributed by atoms with E-state index in [4.69, 9.17) is 4.99 Å². The highest BCUT2D eigenvalue weighted by atomic mass is 79.9. The number of aryl methyl sites for hydroxylation is 1. The Bertz CT molecular complexity index is 452. The average Bonchev–Trinajstić information content (AvgIpc) is 2.72. The first kappa shape index (κ1) is 12.4. The molecule has 0 N–H and O–H groups in total. The lowest BCUT2D eigenvalue weighted by molar-refractivity contribution is 0.502. The number of benzene rings is 1. The number of hydrogen-bond donors (Lipinski definition) is 0. The molecule has 0 unspecified atom stereocenters. The van der Waals surface area contributed by atoms with Gasteiger partial charge in [0.2, 0.25) is 0 Å². The lowest BCUT2D eigenvalue weighted by Crippen LogP contribution is -2.24. The summed E-state index contributed by atoms with van der Waals surface area (Å²) in [6.45, 7) is 7.87. The number of likely N-dealkylation sites (tertiary alicyclic amines) is 1. The van der Waals surface area contributed by atoms with Gasteiger partial charge in [0.05, 0.1) is 5.69 Å². The van der Waals surface area contributed by atoms with Crippen LogP contribution in [0.2, 0.25) is 0 Å². The van der Waals surface area contributed by atoms with Crippen molar-refractivity contribution in [3.63, 3.8) is 0 Å². The van der Waals surface area contributed by atoms with E-state index in [-0.39, 0.29) is 0 Å². The smallest absolute Gasteiger partial charge is 0.105 e. The molecular formula is C14H17BrN2. The third-order valence-corrected chi connectivity index (χ3v) is 3.83. The van der Waals surface area contributed by atoms with E-state index in [2.05, 4.69) is 52.5 Å². The van der Waals surface area contributed by atoms with E-state index < -0.39 is 0 Å². The van der Waals surface area contributed by atoms with Crippen LogP contribution < -0.4 is 0 Å². The van der Waals surface area contributed by atoms with E-state index in [0.717, 1.165) is 29.7 Å². The highest BCUT2D eigenvalue weighted by molar-refractivity contribution is 9.10. The Balaban J connectivity index is 2.22. The molecule has 0 saturated carbocycles. The van der Waals surface area contributed by atoms with Gasteiger partial charge in [-0.2, -0.15) is 0 Å². The minimum Gasteiger partial charge on any atom is -0.356 e. The molecule has 1 aromatic carbocycles. The minimum absolute atomic E-state index is 0.897. The van der Waals surface area contributed by atoms with Crippen LogP contribution in [0, 0.1) is 6.92 Å². The van der Waals surface area contributed by atoms with Crippen molar-refractivity contribution in [2.45, 2.75) is 19.8 Å². The van der Waals surface area contributed by atoms with Crippen LogP contribution in [0.4, 0.5) is 5.69 Å². The minimum atomic E-state index is 0.897. The van der Waals surface area contributed by atoms with Crippen molar-refractivity contribution in [3.05, 3.63) is 40.9 Å². The van der Waals surface area contributed by atoms with Crippen molar-refractivity contribution in [2.24, 2.45) is 4.99 Å². The molecule has 3 heteroatoms. The summed E-state index contributed by atoms with van der Waals surface area (Å²) in [7, 11) is 0. The van der Waals surface area contributed by atoms with Gasteiger partial charge in [0, 0.05) is 24.0 Å². The van der Waals surface area contributed by atoms with Gasteiger partial charge in [-0.15, -0.1) is 6.58 Å². The molecule has 0 radical (unpaired) electrons. The van der Waals surface area contributed by atoms with Gasteiger partial charge in [-0.25, -0.2) is 4.99 Å². The topological polar surface area (TPSA) is 15.6 Å². The third kappa shape index (κ3) is 2.97. The largest absolute Gasteiger partial charge is 0.356 e. The van der Waals surface area contributed by atoms with Crippen LogP contribution in [0.5, 0.6) is 0 Å². The van der Waals surface area contributed by atoms with Gasteiger partial charge in [0.25, 0.3) is 0 Å². The molecular weight excluding hydrogens is 276 g/mol. The molecule has 2 nitrogen and oxygen atoms in total. The summed E-state index contributed by atoms with van der Waals surface area (Å²) < 4.78 is 1.14. The standard InChI is InChI=1S/C14H17BrN2/c1-3-8-17-9-4-5-14(17)16-12-6-7-13(15)11(2)10-12/h3,6-7,10H,1,4-5,8-9H2,2H3. The molecule has 0 atom stereocenters. The fraction of sp³-hybridized carbons (Fsp3) is 0.357. The van der Waals surface area contributed by atoms with E-state index in [0.29, 0.717) is 0 Å². The third-order valence-electron chi connectivity index (χ3n) is 2.94. The lowest BCUT2D eigenvalue weighted by atomic mass is 10.2. The summed E-state index contributed by atoms with van der Waals surface area (Å²) in [5, 5.41) is 0. The molecule has 1 heterocycles. The maximum atomic E-state index is 4.73. The van der Waals surface area contributed by atoms with Gasteiger partial charge in [0.15, 0.2) is 0 Å². The van der Waals surface area contributed by atoms with Crippen molar-refractivity contribution in [3.8, 4) is 0 Å². The van der Waals surface area contributed by atoms with Gasteiger partial charge in [-0.05, 0) is 37.1 Å². The highest BCUT2D eigenvalue weighted by Crippen LogP contribution is 2.24. The lowest BCUT2D eigenvalue weighted by Gasteiger charge is -2.16. The van der Waals surface area contributed by atoms with Crippen molar-refractivity contribution in [2.75, 3.05) is 13.1 Å². The van der Waals surface area contributed by atoms with Gasteiger partial charge >= 0.3 is 0 Å². The van der Waals surface area contributed by atoms with Crippen LogP contribution in [0.1, 0.15) is 18.4 Å². The molecule has 1 saturated heterocycles. The second kappa shape index (κ2) is 5.50. The van der Waals surface area contributed by atoms with Crippen LogP contribution in [0.15, 0.2) is 40.3 Å². The maximum absolute atomic E-state index is 4.73. The van der Waals surface area contributed by atoms with Crippen LogP contribution in [-0.4, -0.2) is 23.8 Å². The van der Waals surface area contributed by atoms with Crippen molar-refractivity contribution in [1.29, 1.82) is 0 Å². The monoisotopic (exact) mass is 292 g/mol. The Labute approximate surface area is 111 Å². The molecule has 0 spiro atoms.